The summed E-state index contributed by atoms with van der Waals surface area (Å²) in [6, 6.07) is 7.78. The molecule has 0 saturated carbocycles. The molecule has 2 aromatic rings. The minimum absolute atomic E-state index is 0.306. The number of alkyl carbamates (subject to hydrolysis) is 1. The van der Waals surface area contributed by atoms with Gasteiger partial charge in [-0.25, -0.2) is 19.6 Å². The Balaban J connectivity index is 2.07. The summed E-state index contributed by atoms with van der Waals surface area (Å²) in [7, 11) is 1.33. The van der Waals surface area contributed by atoms with Crippen LogP contribution < -0.4 is 10.6 Å². The maximum absolute atomic E-state index is 12.3. The van der Waals surface area contributed by atoms with Gasteiger partial charge in [0.1, 0.15) is 17.2 Å². The zero-order valence-corrected chi connectivity index (χ0v) is 18.1. The number of carbonyl (C=O) groups excluding carboxylic acids is 2. The lowest BCUT2D eigenvalue weighted by atomic mass is 10.1. The molecule has 1 aromatic carbocycles. The maximum Gasteiger partial charge on any atom is 0.407 e. The number of methoxy groups -OCH3 is 1. The lowest BCUT2D eigenvalue weighted by molar-refractivity contribution is 0.0600. The zero-order chi connectivity index (χ0) is 21.9. The maximum atomic E-state index is 12.3. The summed E-state index contributed by atoms with van der Waals surface area (Å²) >= 11 is 0. The Morgan fingerprint density at radius 2 is 1.93 bits per heavy atom. The number of amides is 1. The number of benzene rings is 1. The number of esters is 1. The molecular formula is C22H30N4O4. The van der Waals surface area contributed by atoms with Gasteiger partial charge in [-0.15, -0.1) is 0 Å². The van der Waals surface area contributed by atoms with Crippen LogP contribution in [0.4, 0.5) is 16.3 Å². The van der Waals surface area contributed by atoms with E-state index in [0.29, 0.717) is 48.9 Å². The Morgan fingerprint density at radius 3 is 2.63 bits per heavy atom. The molecular weight excluding hydrogens is 384 g/mol. The number of ether oxygens (including phenoxy) is 2. The molecule has 2 rings (SSSR count). The van der Waals surface area contributed by atoms with E-state index in [1.54, 1.807) is 6.92 Å². The molecule has 0 aliphatic heterocycles. The SMILES string of the molecule is CCCCOC(=O)NCCCc1nc(C)c(C(=O)OC)c(Nc2cccc(C)c2)n1. The Morgan fingerprint density at radius 1 is 1.13 bits per heavy atom. The van der Waals surface area contributed by atoms with Crippen molar-refractivity contribution >= 4 is 23.6 Å². The fourth-order valence-electron chi connectivity index (χ4n) is 2.84. The smallest absolute Gasteiger partial charge is 0.407 e. The van der Waals surface area contributed by atoms with Crippen LogP contribution in [0, 0.1) is 13.8 Å². The predicted molar refractivity (Wildman–Crippen MR) is 115 cm³/mol. The van der Waals surface area contributed by atoms with Crippen LogP contribution in [0.3, 0.4) is 0 Å². The molecule has 0 aliphatic rings. The van der Waals surface area contributed by atoms with Crippen LogP contribution in [-0.2, 0) is 15.9 Å². The third-order valence-corrected chi connectivity index (χ3v) is 4.38. The van der Waals surface area contributed by atoms with Gasteiger partial charge in [-0.1, -0.05) is 25.5 Å². The molecule has 1 heterocycles. The second-order valence-electron chi connectivity index (χ2n) is 6.95. The van der Waals surface area contributed by atoms with E-state index in [1.807, 2.05) is 38.1 Å². The minimum Gasteiger partial charge on any atom is -0.465 e. The minimum atomic E-state index is -0.495. The van der Waals surface area contributed by atoms with E-state index < -0.39 is 12.1 Å². The van der Waals surface area contributed by atoms with Gasteiger partial charge in [0.25, 0.3) is 0 Å². The third-order valence-electron chi connectivity index (χ3n) is 4.38. The monoisotopic (exact) mass is 414 g/mol. The van der Waals surface area contributed by atoms with Gasteiger partial charge in [-0.05, 0) is 44.4 Å². The van der Waals surface area contributed by atoms with Crippen LogP contribution in [0.5, 0.6) is 0 Å². The number of unbranched alkanes of at least 4 members (excludes halogenated alkanes) is 1. The van der Waals surface area contributed by atoms with Crippen molar-refractivity contribution in [2.75, 3.05) is 25.6 Å². The molecule has 1 amide bonds. The molecule has 0 fully saturated rings. The number of anilines is 2. The Labute approximate surface area is 177 Å². The van der Waals surface area contributed by atoms with E-state index in [-0.39, 0.29) is 0 Å². The molecule has 2 N–H and O–H groups in total. The second-order valence-corrected chi connectivity index (χ2v) is 6.95. The van der Waals surface area contributed by atoms with Crippen LogP contribution in [0.2, 0.25) is 0 Å². The highest BCUT2D eigenvalue weighted by Crippen LogP contribution is 2.23. The summed E-state index contributed by atoms with van der Waals surface area (Å²) in [5.41, 5.74) is 2.75. The summed E-state index contributed by atoms with van der Waals surface area (Å²) < 4.78 is 9.96. The normalized spacial score (nSPS) is 10.4. The number of nitrogens with one attached hydrogen (secondary N) is 2. The van der Waals surface area contributed by atoms with Crippen LogP contribution in [0.25, 0.3) is 0 Å². The predicted octanol–water partition coefficient (Wildman–Crippen LogP) is 4.08. The quantitative estimate of drug-likeness (QED) is 0.446. The highest BCUT2D eigenvalue weighted by Gasteiger charge is 2.19. The van der Waals surface area contributed by atoms with Gasteiger partial charge in [-0.2, -0.15) is 0 Å². The van der Waals surface area contributed by atoms with Crippen molar-refractivity contribution in [3.8, 4) is 0 Å². The number of aromatic nitrogens is 2. The molecule has 0 unspecified atom stereocenters. The van der Waals surface area contributed by atoms with Gasteiger partial charge in [0.2, 0.25) is 0 Å². The van der Waals surface area contributed by atoms with E-state index >= 15 is 0 Å². The van der Waals surface area contributed by atoms with Gasteiger partial charge in [0.05, 0.1) is 19.4 Å². The largest absolute Gasteiger partial charge is 0.465 e. The standard InChI is InChI=1S/C22H30N4O4/c1-5-6-13-30-22(28)23-12-8-11-18-24-16(3)19(21(27)29-4)20(26-18)25-17-10-7-9-15(2)14-17/h7,9-10,14H,5-6,8,11-13H2,1-4H3,(H,23,28)(H,24,25,26). The van der Waals surface area contributed by atoms with Crippen LogP contribution in [-0.4, -0.2) is 42.3 Å². The van der Waals surface area contributed by atoms with Crippen molar-refractivity contribution in [3.05, 3.63) is 46.9 Å². The molecule has 0 spiro atoms. The van der Waals surface area contributed by atoms with E-state index in [2.05, 4.69) is 20.6 Å². The van der Waals surface area contributed by atoms with Crippen molar-refractivity contribution in [2.45, 2.75) is 46.5 Å². The first kappa shape index (κ1) is 23.1. The number of carbonyl (C=O) groups is 2. The zero-order valence-electron chi connectivity index (χ0n) is 18.1. The first-order valence-corrected chi connectivity index (χ1v) is 10.1. The Hall–Kier alpha value is -3.16. The summed E-state index contributed by atoms with van der Waals surface area (Å²) in [6.07, 6.45) is 2.60. The molecule has 0 radical (unpaired) electrons. The van der Waals surface area contributed by atoms with Gasteiger partial charge in [0, 0.05) is 18.7 Å². The molecule has 8 nitrogen and oxygen atoms in total. The van der Waals surface area contributed by atoms with Gasteiger partial charge in [-0.3, -0.25) is 0 Å². The van der Waals surface area contributed by atoms with Crippen molar-refractivity contribution in [2.24, 2.45) is 0 Å². The van der Waals surface area contributed by atoms with Crippen LogP contribution in [0.15, 0.2) is 24.3 Å². The van der Waals surface area contributed by atoms with Crippen molar-refractivity contribution in [3.63, 3.8) is 0 Å². The number of rotatable bonds is 10. The average Bonchev–Trinajstić information content (AvgIpc) is 2.71. The van der Waals surface area contributed by atoms with E-state index in [1.165, 1.54) is 7.11 Å². The molecule has 0 saturated heterocycles. The number of hydrogen-bond acceptors (Lipinski definition) is 7. The van der Waals surface area contributed by atoms with Crippen LogP contribution >= 0.6 is 0 Å². The van der Waals surface area contributed by atoms with E-state index in [9.17, 15) is 9.59 Å². The van der Waals surface area contributed by atoms with Crippen molar-refractivity contribution in [1.29, 1.82) is 0 Å². The van der Waals surface area contributed by atoms with Crippen molar-refractivity contribution in [1.82, 2.24) is 15.3 Å². The summed E-state index contributed by atoms with van der Waals surface area (Å²) in [6.45, 7) is 6.66. The lowest BCUT2D eigenvalue weighted by Gasteiger charge is -2.14. The summed E-state index contributed by atoms with van der Waals surface area (Å²) in [5.74, 6) is 0.490. The summed E-state index contributed by atoms with van der Waals surface area (Å²) in [5, 5.41) is 5.92. The highest BCUT2D eigenvalue weighted by molar-refractivity contribution is 5.96. The third kappa shape index (κ3) is 7.02. The fourth-order valence-corrected chi connectivity index (χ4v) is 2.84. The Bertz CT molecular complexity index is 870. The highest BCUT2D eigenvalue weighted by atomic mass is 16.5. The first-order valence-electron chi connectivity index (χ1n) is 10.1. The number of hydrogen-bond donors (Lipinski definition) is 2. The lowest BCUT2D eigenvalue weighted by Crippen LogP contribution is -2.26. The van der Waals surface area contributed by atoms with E-state index in [0.717, 1.165) is 24.1 Å². The van der Waals surface area contributed by atoms with Crippen LogP contribution in [0.1, 0.15) is 53.6 Å². The first-order chi connectivity index (χ1) is 14.4. The molecule has 162 valence electrons. The molecule has 1 aromatic heterocycles. The molecule has 30 heavy (non-hydrogen) atoms. The number of nitrogens with zero attached hydrogens (tertiary/aromatic N) is 2. The fraction of sp³-hybridized carbons (Fsp3) is 0.455. The van der Waals surface area contributed by atoms with E-state index in [4.69, 9.17) is 9.47 Å². The second kappa shape index (κ2) is 11.7. The van der Waals surface area contributed by atoms with Gasteiger partial charge in [0.15, 0.2) is 0 Å². The molecule has 8 heteroatoms. The van der Waals surface area contributed by atoms with Gasteiger partial charge >= 0.3 is 12.1 Å². The van der Waals surface area contributed by atoms with Crippen molar-refractivity contribution < 1.29 is 19.1 Å². The molecule has 0 aliphatic carbocycles. The summed E-state index contributed by atoms with van der Waals surface area (Å²) in [4.78, 5) is 32.8. The average molecular weight is 415 g/mol. The molecule has 0 bridgehead atoms. The molecule has 0 atom stereocenters. The topological polar surface area (TPSA) is 102 Å². The number of aryl methyl sites for hydroxylation is 3. The Kier molecular flexibility index (Phi) is 9.05. The van der Waals surface area contributed by atoms with Gasteiger partial charge < -0.3 is 20.1 Å².